The molecule has 3 rings (SSSR count). The van der Waals surface area contributed by atoms with E-state index in [-0.39, 0.29) is 10.5 Å². The van der Waals surface area contributed by atoms with Crippen molar-refractivity contribution in [2.75, 3.05) is 36.2 Å². The number of ether oxygens (including phenoxy) is 1. The maximum atomic E-state index is 12.2. The molecule has 1 saturated heterocycles. The number of hydrogen-bond donors (Lipinski definition) is 1. The number of rotatable bonds is 6. The van der Waals surface area contributed by atoms with Crippen LogP contribution in [0.5, 0.6) is 0 Å². The third-order valence-electron chi connectivity index (χ3n) is 4.79. The fourth-order valence-electron chi connectivity index (χ4n) is 3.21. The summed E-state index contributed by atoms with van der Waals surface area (Å²) in [4.78, 5) is 26.6. The molecule has 1 N–H and O–H groups in total. The Hall–Kier alpha value is -2.87. The highest BCUT2D eigenvalue weighted by Gasteiger charge is 2.16. The van der Waals surface area contributed by atoms with Gasteiger partial charge in [0.2, 0.25) is 0 Å². The minimum atomic E-state index is -3.44. The van der Waals surface area contributed by atoms with Gasteiger partial charge in [0.1, 0.15) is 0 Å². The molecule has 2 aromatic carbocycles. The molecule has 1 heterocycles. The monoisotopic (exact) mass is 416 g/mol. The van der Waals surface area contributed by atoms with Gasteiger partial charge in [-0.25, -0.2) is 13.2 Å². The summed E-state index contributed by atoms with van der Waals surface area (Å²) in [5.74, 6) is -1.22. The Morgan fingerprint density at radius 3 is 2.48 bits per heavy atom. The van der Waals surface area contributed by atoms with Gasteiger partial charge in [-0.3, -0.25) is 4.79 Å². The molecule has 2 aromatic rings. The molecule has 7 nitrogen and oxygen atoms in total. The zero-order valence-corrected chi connectivity index (χ0v) is 17.3. The molecule has 1 amide bonds. The number of nitrogens with zero attached hydrogens (tertiary/aromatic N) is 1. The van der Waals surface area contributed by atoms with Gasteiger partial charge < -0.3 is 15.0 Å². The summed E-state index contributed by atoms with van der Waals surface area (Å²) in [5, 5.41) is 2.74. The van der Waals surface area contributed by atoms with E-state index < -0.39 is 28.3 Å². The fourth-order valence-corrected chi connectivity index (χ4v) is 3.88. The molecular weight excluding hydrogens is 392 g/mol. The fraction of sp³-hybridized carbons (Fsp3) is 0.333. The summed E-state index contributed by atoms with van der Waals surface area (Å²) in [5.41, 5.74) is 2.80. The molecule has 0 aromatic heterocycles. The van der Waals surface area contributed by atoms with Crippen LogP contribution in [-0.2, 0) is 19.4 Å². The Labute approximate surface area is 170 Å². The van der Waals surface area contributed by atoms with E-state index in [1.54, 1.807) is 0 Å². The van der Waals surface area contributed by atoms with Crippen molar-refractivity contribution in [1.82, 2.24) is 0 Å². The lowest BCUT2D eigenvalue weighted by atomic mass is 10.1. The molecule has 154 valence electrons. The van der Waals surface area contributed by atoms with Crippen LogP contribution >= 0.6 is 0 Å². The highest BCUT2D eigenvalue weighted by Crippen LogP contribution is 2.25. The van der Waals surface area contributed by atoms with Crippen molar-refractivity contribution < 1.29 is 22.7 Å². The first-order chi connectivity index (χ1) is 13.7. The van der Waals surface area contributed by atoms with Crippen molar-refractivity contribution in [3.8, 4) is 0 Å². The van der Waals surface area contributed by atoms with E-state index in [0.717, 1.165) is 30.6 Å². The third kappa shape index (κ3) is 5.35. The first-order valence-corrected chi connectivity index (χ1v) is 11.3. The number of nitrogens with one attached hydrogen (secondary N) is 1. The maximum Gasteiger partial charge on any atom is 0.338 e. The van der Waals surface area contributed by atoms with Crippen molar-refractivity contribution >= 4 is 33.1 Å². The Morgan fingerprint density at radius 2 is 1.83 bits per heavy atom. The van der Waals surface area contributed by atoms with Crippen molar-refractivity contribution in [3.63, 3.8) is 0 Å². The second kappa shape index (κ2) is 8.65. The smallest absolute Gasteiger partial charge is 0.338 e. The van der Waals surface area contributed by atoms with Crippen LogP contribution in [0.3, 0.4) is 0 Å². The molecule has 0 saturated carbocycles. The van der Waals surface area contributed by atoms with Gasteiger partial charge in [0, 0.05) is 30.7 Å². The number of anilines is 2. The normalized spacial score (nSPS) is 13.9. The molecule has 1 aliphatic heterocycles. The second-order valence-electron chi connectivity index (χ2n) is 7.12. The SMILES string of the molecule is Cc1cc(N2CCCC2)ccc1NC(=O)COC(=O)c1cccc(S(C)(=O)=O)c1. The highest BCUT2D eigenvalue weighted by molar-refractivity contribution is 7.90. The summed E-state index contributed by atoms with van der Waals surface area (Å²) in [6.07, 6.45) is 3.44. The van der Waals surface area contributed by atoms with E-state index in [1.165, 1.54) is 37.1 Å². The Kier molecular flexibility index (Phi) is 6.22. The standard InChI is InChI=1S/C21H24N2O5S/c1-15-12-17(23-10-3-4-11-23)8-9-19(15)22-20(24)14-28-21(25)16-6-5-7-18(13-16)29(2,26)27/h5-9,12-13H,3-4,10-11,14H2,1-2H3,(H,22,24). The highest BCUT2D eigenvalue weighted by atomic mass is 32.2. The van der Waals surface area contributed by atoms with Gasteiger partial charge in [0.25, 0.3) is 5.91 Å². The lowest BCUT2D eigenvalue weighted by Gasteiger charge is -2.19. The molecule has 0 aliphatic carbocycles. The predicted octanol–water partition coefficient (Wildman–Crippen LogP) is 2.79. The van der Waals surface area contributed by atoms with E-state index >= 15 is 0 Å². The molecular formula is C21H24N2O5S. The average Bonchev–Trinajstić information content (AvgIpc) is 3.22. The van der Waals surface area contributed by atoms with Crippen LogP contribution in [0.1, 0.15) is 28.8 Å². The molecule has 1 fully saturated rings. The zero-order valence-electron chi connectivity index (χ0n) is 16.5. The molecule has 0 atom stereocenters. The van der Waals surface area contributed by atoms with Crippen LogP contribution < -0.4 is 10.2 Å². The molecule has 29 heavy (non-hydrogen) atoms. The Bertz CT molecular complexity index is 1030. The molecule has 8 heteroatoms. The number of carbonyl (C=O) groups is 2. The first kappa shape index (κ1) is 20.9. The van der Waals surface area contributed by atoms with Crippen LogP contribution in [0.4, 0.5) is 11.4 Å². The predicted molar refractivity (Wildman–Crippen MR) is 111 cm³/mol. The Morgan fingerprint density at radius 1 is 1.10 bits per heavy atom. The number of esters is 1. The number of aryl methyl sites for hydroxylation is 1. The van der Waals surface area contributed by atoms with Crippen molar-refractivity contribution in [2.24, 2.45) is 0 Å². The minimum absolute atomic E-state index is 0.0186. The van der Waals surface area contributed by atoms with Gasteiger partial charge in [-0.1, -0.05) is 6.07 Å². The lowest BCUT2D eigenvalue weighted by Crippen LogP contribution is -2.22. The average molecular weight is 416 g/mol. The van der Waals surface area contributed by atoms with Gasteiger partial charge in [0.05, 0.1) is 10.5 Å². The molecule has 1 aliphatic rings. The number of amides is 1. The van der Waals surface area contributed by atoms with E-state index in [4.69, 9.17) is 4.74 Å². The summed E-state index contributed by atoms with van der Waals surface area (Å²) in [6, 6.07) is 11.4. The van der Waals surface area contributed by atoms with E-state index in [2.05, 4.69) is 10.2 Å². The van der Waals surface area contributed by atoms with E-state index in [0.29, 0.717) is 5.69 Å². The lowest BCUT2D eigenvalue weighted by molar-refractivity contribution is -0.119. The summed E-state index contributed by atoms with van der Waals surface area (Å²) in [6.45, 7) is 3.54. The number of benzene rings is 2. The number of hydrogen-bond acceptors (Lipinski definition) is 6. The van der Waals surface area contributed by atoms with Gasteiger partial charge in [-0.2, -0.15) is 0 Å². The zero-order chi connectivity index (χ0) is 21.0. The summed E-state index contributed by atoms with van der Waals surface area (Å²) in [7, 11) is -3.44. The second-order valence-corrected chi connectivity index (χ2v) is 9.13. The van der Waals surface area contributed by atoms with Gasteiger partial charge in [-0.15, -0.1) is 0 Å². The van der Waals surface area contributed by atoms with Gasteiger partial charge in [-0.05, 0) is 61.7 Å². The van der Waals surface area contributed by atoms with Crippen LogP contribution in [-0.4, -0.2) is 46.2 Å². The summed E-state index contributed by atoms with van der Waals surface area (Å²) >= 11 is 0. The van der Waals surface area contributed by atoms with Crippen LogP contribution in [0.2, 0.25) is 0 Å². The van der Waals surface area contributed by atoms with Crippen LogP contribution in [0, 0.1) is 6.92 Å². The van der Waals surface area contributed by atoms with Crippen molar-refractivity contribution in [2.45, 2.75) is 24.7 Å². The molecule has 0 radical (unpaired) electrons. The van der Waals surface area contributed by atoms with Crippen LogP contribution in [0.25, 0.3) is 0 Å². The van der Waals surface area contributed by atoms with Gasteiger partial charge >= 0.3 is 5.97 Å². The molecule has 0 unspecified atom stereocenters. The minimum Gasteiger partial charge on any atom is -0.452 e. The van der Waals surface area contributed by atoms with Crippen molar-refractivity contribution in [3.05, 3.63) is 53.6 Å². The quantitative estimate of drug-likeness (QED) is 0.728. The third-order valence-corrected chi connectivity index (χ3v) is 5.90. The largest absolute Gasteiger partial charge is 0.452 e. The summed E-state index contributed by atoms with van der Waals surface area (Å²) < 4.78 is 28.2. The number of carbonyl (C=O) groups excluding carboxylic acids is 2. The first-order valence-electron chi connectivity index (χ1n) is 9.37. The van der Waals surface area contributed by atoms with Crippen molar-refractivity contribution in [1.29, 1.82) is 0 Å². The van der Waals surface area contributed by atoms with Gasteiger partial charge in [0.15, 0.2) is 16.4 Å². The topological polar surface area (TPSA) is 92.8 Å². The Balaban J connectivity index is 1.58. The van der Waals surface area contributed by atoms with E-state index in [1.807, 2.05) is 25.1 Å². The maximum absolute atomic E-state index is 12.2. The number of sulfone groups is 1. The van der Waals surface area contributed by atoms with E-state index in [9.17, 15) is 18.0 Å². The molecule has 0 spiro atoms. The molecule has 0 bridgehead atoms. The van der Waals surface area contributed by atoms with Crippen LogP contribution in [0.15, 0.2) is 47.4 Å².